The molecule has 2 amide bonds. The Labute approximate surface area is 228 Å². The van der Waals surface area contributed by atoms with Gasteiger partial charge in [0.05, 0.1) is 23.4 Å². The van der Waals surface area contributed by atoms with E-state index in [-0.39, 0.29) is 36.8 Å². The predicted molar refractivity (Wildman–Crippen MR) is 134 cm³/mol. The van der Waals surface area contributed by atoms with Gasteiger partial charge < -0.3 is 5.32 Å². The average Bonchev–Trinajstić information content (AvgIpc) is 2.86. The van der Waals surface area contributed by atoms with Gasteiger partial charge in [0.15, 0.2) is 0 Å². The van der Waals surface area contributed by atoms with Crippen molar-refractivity contribution in [2.45, 2.75) is 64.1 Å². The fraction of sp³-hybridized carbons (Fsp3) is 0.500. The number of quaternary nitrogens is 1. The molecule has 0 aromatic heterocycles. The van der Waals surface area contributed by atoms with Crippen LogP contribution in [0.15, 0.2) is 36.4 Å². The first kappa shape index (κ1) is 31.8. The fourth-order valence-electron chi connectivity index (χ4n) is 5.51. The Morgan fingerprint density at radius 1 is 1.05 bits per heavy atom. The quantitative estimate of drug-likeness (QED) is 0.306. The Kier molecular flexibility index (Phi) is 8.97. The van der Waals surface area contributed by atoms with E-state index < -0.39 is 68.0 Å². The first-order chi connectivity index (χ1) is 18.4. The van der Waals surface area contributed by atoms with E-state index in [1.807, 2.05) is 0 Å². The van der Waals surface area contributed by atoms with Gasteiger partial charge in [0.2, 0.25) is 10.0 Å². The Bertz CT molecular complexity index is 1330. The van der Waals surface area contributed by atoms with Crippen molar-refractivity contribution >= 4 is 16.1 Å². The number of nitrogens with zero attached hydrogens (tertiary/aromatic N) is 1. The minimum Gasteiger partial charge on any atom is -0.309 e. The first-order valence-electron chi connectivity index (χ1n) is 12.5. The summed E-state index contributed by atoms with van der Waals surface area (Å²) in [7, 11) is -2.39. The van der Waals surface area contributed by atoms with Crippen LogP contribution in [0.5, 0.6) is 0 Å². The van der Waals surface area contributed by atoms with Gasteiger partial charge in [-0.15, -0.1) is 0 Å². The number of halogens is 7. The maximum Gasteiger partial charge on any atom is 0.417 e. The van der Waals surface area contributed by atoms with Crippen LogP contribution in [0.4, 0.5) is 35.5 Å². The molecule has 0 saturated carbocycles. The Hall–Kier alpha value is -2.71. The van der Waals surface area contributed by atoms with Crippen molar-refractivity contribution in [3.8, 4) is 0 Å². The summed E-state index contributed by atoms with van der Waals surface area (Å²) in [5, 5.41) is 2.50. The zero-order chi connectivity index (χ0) is 30.3. The highest BCUT2D eigenvalue weighted by Crippen LogP contribution is 2.48. The number of rotatable bonds is 6. The fourth-order valence-corrected chi connectivity index (χ4v) is 6.40. The van der Waals surface area contributed by atoms with Gasteiger partial charge in [0, 0.05) is 37.1 Å². The third-order valence-corrected chi connectivity index (χ3v) is 9.06. The highest BCUT2D eigenvalue weighted by atomic mass is 32.2. The zero-order valence-corrected chi connectivity index (χ0v) is 23.1. The lowest BCUT2D eigenvalue weighted by Crippen LogP contribution is -2.64. The van der Waals surface area contributed by atoms with Gasteiger partial charge in [0.25, 0.3) is 0 Å². The maximum atomic E-state index is 14.0. The van der Waals surface area contributed by atoms with E-state index in [4.69, 9.17) is 0 Å². The number of alkyl halides is 6. The number of sulfonamides is 1. The van der Waals surface area contributed by atoms with Crippen molar-refractivity contribution in [2.24, 2.45) is 0 Å². The molecular formula is C26H31F7N3O3S+. The third-order valence-electron chi connectivity index (χ3n) is 7.60. The topological polar surface area (TPSA) is 75.3 Å². The van der Waals surface area contributed by atoms with E-state index in [9.17, 15) is 43.9 Å². The summed E-state index contributed by atoms with van der Waals surface area (Å²) >= 11 is 0. The van der Waals surface area contributed by atoms with E-state index in [0.717, 1.165) is 6.07 Å². The number of urea groups is 1. The molecule has 2 aromatic rings. The number of hydrogen-bond donors (Lipinski definition) is 2. The monoisotopic (exact) mass is 598 g/mol. The lowest BCUT2D eigenvalue weighted by molar-refractivity contribution is -0.916. The lowest BCUT2D eigenvalue weighted by Gasteiger charge is -2.50. The van der Waals surface area contributed by atoms with Gasteiger partial charge >= 0.3 is 18.4 Å². The molecule has 2 N–H and O–H groups in total. The molecule has 1 aliphatic rings. The summed E-state index contributed by atoms with van der Waals surface area (Å²) in [4.78, 5) is 13.7. The van der Waals surface area contributed by atoms with Crippen LogP contribution >= 0.6 is 0 Å². The number of aryl methyl sites for hydroxylation is 1. The summed E-state index contributed by atoms with van der Waals surface area (Å²) in [6.07, 6.45) is -10.1. The van der Waals surface area contributed by atoms with Gasteiger partial charge in [-0.05, 0) is 62.7 Å². The molecule has 0 bridgehead atoms. The molecular weight excluding hydrogens is 567 g/mol. The molecule has 0 radical (unpaired) electrons. The second-order valence-corrected chi connectivity index (χ2v) is 12.0. The maximum absolute atomic E-state index is 14.0. The van der Waals surface area contributed by atoms with E-state index in [0.29, 0.717) is 23.3 Å². The summed E-state index contributed by atoms with van der Waals surface area (Å²) < 4.78 is 123. The van der Waals surface area contributed by atoms with Crippen LogP contribution in [0.2, 0.25) is 0 Å². The van der Waals surface area contributed by atoms with E-state index in [1.54, 1.807) is 6.92 Å². The minimum atomic E-state index is -5.09. The Morgan fingerprint density at radius 2 is 1.62 bits per heavy atom. The van der Waals surface area contributed by atoms with Crippen molar-refractivity contribution in [2.75, 3.05) is 19.3 Å². The highest BCUT2D eigenvalue weighted by molar-refractivity contribution is 7.89. The van der Waals surface area contributed by atoms with Crippen molar-refractivity contribution in [1.82, 2.24) is 10.0 Å². The molecule has 2 unspecified atom stereocenters. The van der Waals surface area contributed by atoms with E-state index in [1.165, 1.54) is 33.0 Å². The number of likely N-dealkylation sites (tertiary alicyclic amines) is 1. The number of carbonyl (C=O) groups excluding carboxylic acids is 1. The van der Waals surface area contributed by atoms with Crippen molar-refractivity contribution in [3.05, 3.63) is 70.0 Å². The summed E-state index contributed by atoms with van der Waals surface area (Å²) in [5.74, 6) is -0.806. The molecule has 3 rings (SSSR count). The van der Waals surface area contributed by atoms with Crippen LogP contribution in [-0.2, 0) is 22.4 Å². The molecule has 40 heavy (non-hydrogen) atoms. The van der Waals surface area contributed by atoms with Gasteiger partial charge in [-0.2, -0.15) is 26.3 Å². The summed E-state index contributed by atoms with van der Waals surface area (Å²) in [6.45, 7) is 4.24. The number of piperidine rings is 1. The molecule has 0 spiro atoms. The van der Waals surface area contributed by atoms with Gasteiger partial charge in [-0.3, -0.25) is 0 Å². The van der Waals surface area contributed by atoms with Crippen LogP contribution in [-0.4, -0.2) is 44.3 Å². The second-order valence-electron chi connectivity index (χ2n) is 9.98. The number of benzene rings is 2. The van der Waals surface area contributed by atoms with Crippen LogP contribution in [0.1, 0.15) is 66.6 Å². The van der Waals surface area contributed by atoms with Crippen LogP contribution in [0.25, 0.3) is 0 Å². The van der Waals surface area contributed by atoms with Crippen LogP contribution < -0.4 is 10.0 Å². The minimum absolute atomic E-state index is 0.0193. The standard InChI is InChI=1S/C26H30F7N3O3S/c1-5-40(38,39)35-21-8-9-36(24(37)34-4,23(14-21)22-7-6-20(27)10-15(22)2)16(3)17-11-18(25(28,29)30)13-19(12-17)26(31,32)33/h6-7,10-13,16,21,23,35H,5,8-9,14H2,1-4H3/p+1/t16?,21-,23+,36?/m0/s1. The first-order valence-corrected chi connectivity index (χ1v) is 14.2. The molecule has 0 aliphatic carbocycles. The highest BCUT2D eigenvalue weighted by Gasteiger charge is 2.54. The molecule has 4 atom stereocenters. The van der Waals surface area contributed by atoms with E-state index >= 15 is 0 Å². The number of nitrogens with one attached hydrogen (secondary N) is 2. The van der Waals surface area contributed by atoms with Crippen LogP contribution in [0.3, 0.4) is 0 Å². The van der Waals surface area contributed by atoms with E-state index in [2.05, 4.69) is 10.0 Å². The summed E-state index contributed by atoms with van der Waals surface area (Å²) in [5.41, 5.74) is -2.59. The Balaban J connectivity index is 2.28. The molecule has 1 heterocycles. The SMILES string of the molecule is CCS(=O)(=O)N[C@H]1CC[N+](C(=O)NC)(C(C)c2cc(C(F)(F)F)cc(C(F)(F)F)c2)[C@@H](c2ccc(F)cc2C)C1. The average molecular weight is 599 g/mol. The van der Waals surface area contributed by atoms with Crippen molar-refractivity contribution in [1.29, 1.82) is 0 Å². The zero-order valence-electron chi connectivity index (χ0n) is 22.3. The molecule has 2 aromatic carbocycles. The Morgan fingerprint density at radius 3 is 2.10 bits per heavy atom. The molecule has 1 fully saturated rings. The van der Waals surface area contributed by atoms with Gasteiger partial charge in [-0.1, -0.05) is 0 Å². The second kappa shape index (κ2) is 11.3. The molecule has 14 heteroatoms. The molecule has 1 saturated heterocycles. The largest absolute Gasteiger partial charge is 0.417 e. The van der Waals surface area contributed by atoms with Gasteiger partial charge in [-0.25, -0.2) is 26.8 Å². The third kappa shape index (κ3) is 6.44. The molecule has 222 valence electrons. The molecule has 1 aliphatic heterocycles. The number of hydrogen-bond acceptors (Lipinski definition) is 3. The smallest absolute Gasteiger partial charge is 0.309 e. The lowest BCUT2D eigenvalue weighted by atomic mass is 9.84. The number of carbonyl (C=O) groups is 1. The van der Waals surface area contributed by atoms with Crippen molar-refractivity contribution in [3.63, 3.8) is 0 Å². The number of amides is 2. The van der Waals surface area contributed by atoms with Crippen molar-refractivity contribution < 1.29 is 48.4 Å². The molecule has 6 nitrogen and oxygen atoms in total. The summed E-state index contributed by atoms with van der Waals surface area (Å²) in [6, 6.07) is 1.39. The normalized spacial score (nSPS) is 23.1. The van der Waals surface area contributed by atoms with Gasteiger partial charge in [0.1, 0.15) is 17.9 Å². The van der Waals surface area contributed by atoms with Crippen LogP contribution in [0, 0.1) is 12.7 Å². The predicted octanol–water partition coefficient (Wildman–Crippen LogP) is 6.23.